The van der Waals surface area contributed by atoms with Gasteiger partial charge < -0.3 is 19.6 Å². The van der Waals surface area contributed by atoms with Crippen LogP contribution in [0.3, 0.4) is 0 Å². The van der Waals surface area contributed by atoms with Gasteiger partial charge in [0.05, 0.1) is 19.8 Å². The first-order valence-electron chi connectivity index (χ1n) is 6.68. The SMILES string of the molecule is O=C(O)C(=O)N1CCN(CC(=O)N2CCOCC2)CC1. The fraction of sp³-hybridized carbons (Fsp3) is 0.750. The van der Waals surface area contributed by atoms with Gasteiger partial charge in [-0.25, -0.2) is 4.79 Å². The Morgan fingerprint density at radius 1 is 0.900 bits per heavy atom. The van der Waals surface area contributed by atoms with Crippen molar-refractivity contribution >= 4 is 17.8 Å². The first kappa shape index (κ1) is 14.7. The summed E-state index contributed by atoms with van der Waals surface area (Å²) in [6.45, 7) is 4.45. The number of carboxylic acid groups (broad SMARTS) is 1. The molecule has 2 amide bonds. The largest absolute Gasteiger partial charge is 0.474 e. The minimum Gasteiger partial charge on any atom is -0.474 e. The summed E-state index contributed by atoms with van der Waals surface area (Å²) in [6.07, 6.45) is 0. The Morgan fingerprint density at radius 3 is 2.05 bits per heavy atom. The van der Waals surface area contributed by atoms with E-state index in [0.717, 1.165) is 0 Å². The fourth-order valence-corrected chi connectivity index (χ4v) is 2.35. The zero-order chi connectivity index (χ0) is 14.5. The number of hydrogen-bond acceptors (Lipinski definition) is 5. The topological polar surface area (TPSA) is 90.4 Å². The lowest BCUT2D eigenvalue weighted by atomic mass is 10.3. The maximum atomic E-state index is 12.0. The van der Waals surface area contributed by atoms with E-state index in [1.165, 1.54) is 4.90 Å². The maximum Gasteiger partial charge on any atom is 0.394 e. The first-order chi connectivity index (χ1) is 9.58. The molecule has 0 atom stereocenters. The van der Waals surface area contributed by atoms with Crippen LogP contribution in [0.2, 0.25) is 0 Å². The molecule has 0 saturated carbocycles. The van der Waals surface area contributed by atoms with Gasteiger partial charge in [-0.05, 0) is 0 Å². The van der Waals surface area contributed by atoms with E-state index in [9.17, 15) is 14.4 Å². The van der Waals surface area contributed by atoms with Crippen molar-refractivity contribution < 1.29 is 24.2 Å². The van der Waals surface area contributed by atoms with Crippen LogP contribution in [0, 0.1) is 0 Å². The molecular formula is C12H19N3O5. The zero-order valence-electron chi connectivity index (χ0n) is 11.3. The average Bonchev–Trinajstić information content (AvgIpc) is 2.48. The summed E-state index contributed by atoms with van der Waals surface area (Å²) in [5.74, 6) is -2.24. The molecule has 2 fully saturated rings. The van der Waals surface area contributed by atoms with Crippen molar-refractivity contribution in [3.8, 4) is 0 Å². The molecule has 1 N–H and O–H groups in total. The number of carbonyl (C=O) groups is 3. The molecule has 0 radical (unpaired) electrons. The van der Waals surface area contributed by atoms with Crippen molar-refractivity contribution in [1.82, 2.24) is 14.7 Å². The van der Waals surface area contributed by atoms with Gasteiger partial charge in [0.15, 0.2) is 0 Å². The molecule has 0 aromatic rings. The van der Waals surface area contributed by atoms with Crippen molar-refractivity contribution in [3.05, 3.63) is 0 Å². The molecule has 0 aromatic heterocycles. The van der Waals surface area contributed by atoms with Gasteiger partial charge in [0, 0.05) is 39.3 Å². The number of hydrogen-bond donors (Lipinski definition) is 1. The van der Waals surface area contributed by atoms with Crippen LogP contribution in [-0.4, -0.2) is 96.6 Å². The van der Waals surface area contributed by atoms with E-state index in [1.54, 1.807) is 4.90 Å². The van der Waals surface area contributed by atoms with E-state index in [4.69, 9.17) is 9.84 Å². The Labute approximate surface area is 116 Å². The molecule has 112 valence electrons. The molecule has 0 spiro atoms. The van der Waals surface area contributed by atoms with Gasteiger partial charge in [-0.1, -0.05) is 0 Å². The summed E-state index contributed by atoms with van der Waals surface area (Å²) in [5.41, 5.74) is 0. The quantitative estimate of drug-likeness (QED) is 0.595. The summed E-state index contributed by atoms with van der Waals surface area (Å²) < 4.78 is 5.20. The normalized spacial score (nSPS) is 20.8. The number of carbonyl (C=O) groups excluding carboxylic acids is 2. The van der Waals surface area contributed by atoms with Crippen LogP contribution >= 0.6 is 0 Å². The lowest BCUT2D eigenvalue weighted by molar-refractivity contribution is -0.157. The molecule has 2 heterocycles. The smallest absolute Gasteiger partial charge is 0.394 e. The van der Waals surface area contributed by atoms with Gasteiger partial charge in [0.2, 0.25) is 5.91 Å². The lowest BCUT2D eigenvalue weighted by Crippen LogP contribution is -2.53. The van der Waals surface area contributed by atoms with E-state index < -0.39 is 11.9 Å². The van der Waals surface area contributed by atoms with Gasteiger partial charge in [-0.2, -0.15) is 0 Å². The summed E-state index contributed by atoms with van der Waals surface area (Å²) in [5, 5.41) is 8.64. The molecule has 2 saturated heterocycles. The minimum absolute atomic E-state index is 0.0614. The molecule has 2 rings (SSSR count). The number of ether oxygens (including phenoxy) is 1. The van der Waals surface area contributed by atoms with Crippen molar-refractivity contribution in [2.24, 2.45) is 0 Å². The highest BCUT2D eigenvalue weighted by molar-refractivity contribution is 6.31. The van der Waals surface area contributed by atoms with Crippen LogP contribution in [-0.2, 0) is 19.1 Å². The highest BCUT2D eigenvalue weighted by Gasteiger charge is 2.27. The van der Waals surface area contributed by atoms with Crippen LogP contribution in [0.15, 0.2) is 0 Å². The van der Waals surface area contributed by atoms with Crippen LogP contribution in [0.1, 0.15) is 0 Å². The number of amides is 2. The number of nitrogens with zero attached hydrogens (tertiary/aromatic N) is 3. The summed E-state index contributed by atoms with van der Waals surface area (Å²) in [6, 6.07) is 0. The molecule has 20 heavy (non-hydrogen) atoms. The number of morpholine rings is 1. The van der Waals surface area contributed by atoms with E-state index in [2.05, 4.69) is 0 Å². The van der Waals surface area contributed by atoms with Crippen LogP contribution in [0.4, 0.5) is 0 Å². The molecular weight excluding hydrogens is 266 g/mol. The van der Waals surface area contributed by atoms with Crippen LogP contribution < -0.4 is 0 Å². The first-order valence-corrected chi connectivity index (χ1v) is 6.68. The minimum atomic E-state index is -1.43. The third-order valence-corrected chi connectivity index (χ3v) is 3.57. The van der Waals surface area contributed by atoms with Crippen LogP contribution in [0.25, 0.3) is 0 Å². The number of aliphatic carboxylic acids is 1. The monoisotopic (exact) mass is 285 g/mol. The molecule has 0 aromatic carbocycles. The van der Waals surface area contributed by atoms with Crippen molar-refractivity contribution in [2.75, 3.05) is 59.0 Å². The number of piperazine rings is 1. The predicted molar refractivity (Wildman–Crippen MR) is 68.1 cm³/mol. The molecule has 0 aliphatic carbocycles. The number of rotatable bonds is 2. The van der Waals surface area contributed by atoms with Crippen molar-refractivity contribution in [2.45, 2.75) is 0 Å². The highest BCUT2D eigenvalue weighted by Crippen LogP contribution is 2.04. The molecule has 2 aliphatic rings. The van der Waals surface area contributed by atoms with Gasteiger partial charge >= 0.3 is 11.9 Å². The molecule has 8 nitrogen and oxygen atoms in total. The molecule has 0 bridgehead atoms. The van der Waals surface area contributed by atoms with E-state index in [1.807, 2.05) is 4.90 Å². The highest BCUT2D eigenvalue weighted by atomic mass is 16.5. The average molecular weight is 285 g/mol. The Balaban J connectivity index is 1.75. The van der Waals surface area contributed by atoms with Crippen LogP contribution in [0.5, 0.6) is 0 Å². The van der Waals surface area contributed by atoms with Gasteiger partial charge in [0.25, 0.3) is 0 Å². The summed E-state index contributed by atoms with van der Waals surface area (Å²) >= 11 is 0. The third-order valence-electron chi connectivity index (χ3n) is 3.57. The summed E-state index contributed by atoms with van der Waals surface area (Å²) in [7, 11) is 0. The van der Waals surface area contributed by atoms with Gasteiger partial charge in [0.1, 0.15) is 0 Å². The predicted octanol–water partition coefficient (Wildman–Crippen LogP) is -1.93. The van der Waals surface area contributed by atoms with E-state index in [-0.39, 0.29) is 5.91 Å². The number of carboxylic acids is 1. The Morgan fingerprint density at radius 2 is 1.50 bits per heavy atom. The van der Waals surface area contributed by atoms with E-state index in [0.29, 0.717) is 59.0 Å². The maximum absolute atomic E-state index is 12.0. The van der Waals surface area contributed by atoms with Gasteiger partial charge in [-0.15, -0.1) is 0 Å². The lowest BCUT2D eigenvalue weighted by Gasteiger charge is -2.35. The zero-order valence-corrected chi connectivity index (χ0v) is 11.3. The van der Waals surface area contributed by atoms with Crippen molar-refractivity contribution in [1.29, 1.82) is 0 Å². The molecule has 8 heteroatoms. The second-order valence-electron chi connectivity index (χ2n) is 4.87. The van der Waals surface area contributed by atoms with Crippen molar-refractivity contribution in [3.63, 3.8) is 0 Å². The molecule has 2 aliphatic heterocycles. The van der Waals surface area contributed by atoms with Gasteiger partial charge in [-0.3, -0.25) is 14.5 Å². The van der Waals surface area contributed by atoms with E-state index >= 15 is 0 Å². The summed E-state index contributed by atoms with van der Waals surface area (Å²) in [4.78, 5) is 39.0. The second kappa shape index (κ2) is 6.67. The Kier molecular flexibility index (Phi) is 4.91. The Bertz CT molecular complexity index is 387. The fourth-order valence-electron chi connectivity index (χ4n) is 2.35. The second-order valence-corrected chi connectivity index (χ2v) is 4.87. The standard InChI is InChI=1S/C12H19N3O5/c16-10(14-5-7-20-8-6-14)9-13-1-3-15(4-2-13)11(17)12(18)19/h1-9H2,(H,18,19). The third kappa shape index (κ3) is 3.67. The molecule has 0 unspecified atom stereocenters. The Hall–Kier alpha value is -1.67.